The van der Waals surface area contributed by atoms with E-state index in [1.165, 1.54) is 0 Å². The third-order valence-corrected chi connectivity index (χ3v) is 3.11. The van der Waals surface area contributed by atoms with E-state index in [0.717, 1.165) is 13.1 Å². The Morgan fingerprint density at radius 2 is 2.35 bits per heavy atom. The van der Waals surface area contributed by atoms with Crippen LogP contribution in [-0.2, 0) is 11.3 Å². The van der Waals surface area contributed by atoms with E-state index in [2.05, 4.69) is 29.5 Å². The van der Waals surface area contributed by atoms with Gasteiger partial charge in [-0.1, -0.05) is 5.21 Å². The summed E-state index contributed by atoms with van der Waals surface area (Å²) in [6.07, 6.45) is 3.89. The van der Waals surface area contributed by atoms with Crippen molar-refractivity contribution in [3.8, 4) is 0 Å². The molecule has 6 nitrogen and oxygen atoms in total. The van der Waals surface area contributed by atoms with E-state index >= 15 is 0 Å². The zero-order valence-corrected chi connectivity index (χ0v) is 10.3. The van der Waals surface area contributed by atoms with E-state index in [1.807, 2.05) is 4.90 Å². The van der Waals surface area contributed by atoms with Crippen LogP contribution in [0, 0.1) is 0 Å². The molecule has 0 aromatic carbocycles. The largest absolute Gasteiger partial charge is 0.337 e. The summed E-state index contributed by atoms with van der Waals surface area (Å²) in [5.41, 5.74) is 0. The summed E-state index contributed by atoms with van der Waals surface area (Å²) in [5.74, 6) is 0.196. The summed E-state index contributed by atoms with van der Waals surface area (Å²) < 4.78 is 1.69. The average Bonchev–Trinajstić information content (AvgIpc) is 2.82. The van der Waals surface area contributed by atoms with E-state index < -0.39 is 0 Å². The van der Waals surface area contributed by atoms with Gasteiger partial charge < -0.3 is 10.2 Å². The van der Waals surface area contributed by atoms with E-state index in [-0.39, 0.29) is 11.9 Å². The number of rotatable bonds is 3. The lowest BCUT2D eigenvalue weighted by molar-refractivity contribution is -0.134. The second-order valence-electron chi connectivity index (χ2n) is 4.62. The van der Waals surface area contributed by atoms with E-state index in [4.69, 9.17) is 0 Å². The number of hydrogen-bond acceptors (Lipinski definition) is 4. The topological polar surface area (TPSA) is 63.1 Å². The molecule has 1 aliphatic heterocycles. The number of carbonyl (C=O) groups excluding carboxylic acids is 1. The first-order valence-corrected chi connectivity index (χ1v) is 6.04. The average molecular weight is 237 g/mol. The molecule has 0 saturated carbocycles. The molecule has 1 aromatic rings. The van der Waals surface area contributed by atoms with Crippen LogP contribution in [0.4, 0.5) is 0 Å². The minimum atomic E-state index is 0.196. The molecule has 1 saturated heterocycles. The van der Waals surface area contributed by atoms with Crippen molar-refractivity contribution in [1.29, 1.82) is 0 Å². The maximum absolute atomic E-state index is 12.1. The molecule has 2 atom stereocenters. The first kappa shape index (κ1) is 12.0. The SMILES string of the molecule is CC1CN(C(=O)CCn2ccnn2)C(C)CN1. The number of piperazine rings is 1. The standard InChI is InChI=1S/C11H19N5O/c1-9-8-16(10(2)7-12-9)11(17)3-5-15-6-4-13-14-15/h4,6,9-10,12H,3,5,7-8H2,1-2H3. The normalized spacial score (nSPS) is 24.9. The van der Waals surface area contributed by atoms with E-state index in [9.17, 15) is 4.79 Å². The lowest BCUT2D eigenvalue weighted by atomic mass is 10.1. The Kier molecular flexibility index (Phi) is 3.73. The number of nitrogens with zero attached hydrogens (tertiary/aromatic N) is 4. The van der Waals surface area contributed by atoms with Crippen LogP contribution in [-0.4, -0.2) is 51.0 Å². The van der Waals surface area contributed by atoms with Crippen LogP contribution >= 0.6 is 0 Å². The van der Waals surface area contributed by atoms with Crippen molar-refractivity contribution in [2.24, 2.45) is 0 Å². The molecule has 1 aliphatic rings. The Hall–Kier alpha value is -1.43. The molecule has 6 heteroatoms. The maximum Gasteiger partial charge on any atom is 0.224 e. The number of aryl methyl sites for hydroxylation is 1. The first-order valence-electron chi connectivity index (χ1n) is 6.04. The first-order chi connectivity index (χ1) is 8.16. The van der Waals surface area contributed by atoms with Crippen molar-refractivity contribution in [2.75, 3.05) is 13.1 Å². The lowest BCUT2D eigenvalue weighted by Gasteiger charge is -2.37. The molecule has 0 radical (unpaired) electrons. The number of hydrogen-bond donors (Lipinski definition) is 1. The van der Waals surface area contributed by atoms with E-state index in [0.29, 0.717) is 19.0 Å². The molecule has 0 spiro atoms. The van der Waals surface area contributed by atoms with Gasteiger partial charge in [0, 0.05) is 37.8 Å². The second-order valence-corrected chi connectivity index (χ2v) is 4.62. The summed E-state index contributed by atoms with van der Waals surface area (Å²) in [6, 6.07) is 0.649. The molecule has 1 fully saturated rings. The minimum absolute atomic E-state index is 0.196. The van der Waals surface area contributed by atoms with Crippen molar-refractivity contribution in [1.82, 2.24) is 25.2 Å². The third kappa shape index (κ3) is 3.03. The van der Waals surface area contributed by atoms with Crippen molar-refractivity contribution in [3.05, 3.63) is 12.4 Å². The molecule has 1 N–H and O–H groups in total. The number of nitrogens with one attached hydrogen (secondary N) is 1. The Balaban J connectivity index is 1.86. The van der Waals surface area contributed by atoms with Crippen molar-refractivity contribution in [3.63, 3.8) is 0 Å². The summed E-state index contributed by atoms with van der Waals surface area (Å²) in [5, 5.41) is 10.9. The number of aromatic nitrogens is 3. The second kappa shape index (κ2) is 5.27. The molecule has 2 rings (SSSR count). The predicted octanol–water partition coefficient (Wildman–Crippen LogP) is -0.123. The Morgan fingerprint density at radius 3 is 3.06 bits per heavy atom. The highest BCUT2D eigenvalue weighted by Crippen LogP contribution is 2.08. The molecular formula is C11H19N5O. The van der Waals surface area contributed by atoms with Gasteiger partial charge in [0.1, 0.15) is 0 Å². The summed E-state index contributed by atoms with van der Waals surface area (Å²) in [7, 11) is 0. The Labute approximate surface area is 101 Å². The molecule has 17 heavy (non-hydrogen) atoms. The molecule has 1 aromatic heterocycles. The van der Waals surface area contributed by atoms with Crippen LogP contribution in [0.2, 0.25) is 0 Å². The molecule has 2 heterocycles. The maximum atomic E-state index is 12.1. The highest BCUT2D eigenvalue weighted by Gasteiger charge is 2.25. The number of amides is 1. The quantitative estimate of drug-likeness (QED) is 0.796. The van der Waals surface area contributed by atoms with Crippen LogP contribution in [0.5, 0.6) is 0 Å². The van der Waals surface area contributed by atoms with Crippen molar-refractivity contribution >= 4 is 5.91 Å². The third-order valence-electron chi connectivity index (χ3n) is 3.11. The molecule has 0 aliphatic carbocycles. The monoisotopic (exact) mass is 237 g/mol. The van der Waals surface area contributed by atoms with Crippen LogP contribution in [0.1, 0.15) is 20.3 Å². The molecule has 94 valence electrons. The summed E-state index contributed by atoms with van der Waals surface area (Å²) in [4.78, 5) is 14.0. The molecule has 2 unspecified atom stereocenters. The van der Waals surface area contributed by atoms with Gasteiger partial charge >= 0.3 is 0 Å². The van der Waals surface area contributed by atoms with Crippen LogP contribution in [0.15, 0.2) is 12.4 Å². The van der Waals surface area contributed by atoms with Gasteiger partial charge in [0.15, 0.2) is 0 Å². The lowest BCUT2D eigenvalue weighted by Crippen LogP contribution is -2.56. The van der Waals surface area contributed by atoms with Gasteiger partial charge in [-0.25, -0.2) is 0 Å². The summed E-state index contributed by atoms with van der Waals surface area (Å²) >= 11 is 0. The minimum Gasteiger partial charge on any atom is -0.337 e. The zero-order chi connectivity index (χ0) is 12.3. The van der Waals surface area contributed by atoms with Gasteiger partial charge in [-0.15, -0.1) is 5.10 Å². The van der Waals surface area contributed by atoms with Gasteiger partial charge in [-0.2, -0.15) is 0 Å². The van der Waals surface area contributed by atoms with Gasteiger partial charge in [0.25, 0.3) is 0 Å². The number of carbonyl (C=O) groups is 1. The van der Waals surface area contributed by atoms with Crippen LogP contribution in [0.3, 0.4) is 0 Å². The highest BCUT2D eigenvalue weighted by atomic mass is 16.2. The highest BCUT2D eigenvalue weighted by molar-refractivity contribution is 5.76. The smallest absolute Gasteiger partial charge is 0.224 e. The Bertz CT molecular complexity index is 364. The predicted molar refractivity (Wildman–Crippen MR) is 63.3 cm³/mol. The van der Waals surface area contributed by atoms with Gasteiger partial charge in [-0.3, -0.25) is 9.48 Å². The summed E-state index contributed by atoms with van der Waals surface area (Å²) in [6.45, 7) is 6.44. The fraction of sp³-hybridized carbons (Fsp3) is 0.727. The Morgan fingerprint density at radius 1 is 1.53 bits per heavy atom. The van der Waals surface area contributed by atoms with Crippen molar-refractivity contribution < 1.29 is 4.79 Å². The molecule has 0 bridgehead atoms. The molecular weight excluding hydrogens is 218 g/mol. The van der Waals surface area contributed by atoms with Gasteiger partial charge in [0.05, 0.1) is 12.7 Å². The molecule has 1 amide bonds. The van der Waals surface area contributed by atoms with Crippen molar-refractivity contribution in [2.45, 2.75) is 38.9 Å². The van der Waals surface area contributed by atoms with Gasteiger partial charge in [-0.05, 0) is 13.8 Å². The zero-order valence-electron chi connectivity index (χ0n) is 10.3. The van der Waals surface area contributed by atoms with Crippen LogP contribution in [0.25, 0.3) is 0 Å². The fourth-order valence-corrected chi connectivity index (χ4v) is 2.07. The fourth-order valence-electron chi connectivity index (χ4n) is 2.07. The van der Waals surface area contributed by atoms with E-state index in [1.54, 1.807) is 17.1 Å². The van der Waals surface area contributed by atoms with Gasteiger partial charge in [0.2, 0.25) is 5.91 Å². The van der Waals surface area contributed by atoms with Crippen LogP contribution < -0.4 is 5.32 Å².